The first kappa shape index (κ1) is 17.8. The molecule has 0 aliphatic carbocycles. The summed E-state index contributed by atoms with van der Waals surface area (Å²) < 4.78 is 13.1. The van der Waals surface area contributed by atoms with E-state index in [1.807, 2.05) is 30.7 Å². The van der Waals surface area contributed by atoms with Crippen molar-refractivity contribution in [1.29, 1.82) is 0 Å². The summed E-state index contributed by atoms with van der Waals surface area (Å²) in [6.45, 7) is 1.31. The fourth-order valence-corrected chi connectivity index (χ4v) is 3.82. The second-order valence-corrected chi connectivity index (χ2v) is 6.99. The summed E-state index contributed by atoms with van der Waals surface area (Å²) in [5, 5.41) is 10.4. The van der Waals surface area contributed by atoms with E-state index < -0.39 is 0 Å². The highest BCUT2D eigenvalue weighted by Crippen LogP contribution is 2.39. The van der Waals surface area contributed by atoms with Gasteiger partial charge in [0.1, 0.15) is 5.82 Å². The smallest absolute Gasteiger partial charge is 0.161 e. The van der Waals surface area contributed by atoms with Gasteiger partial charge in [0.25, 0.3) is 0 Å². The molecule has 140 valence electrons. The molecule has 2 atom stereocenters. The maximum atomic E-state index is 9.94. The van der Waals surface area contributed by atoms with Gasteiger partial charge in [-0.05, 0) is 30.2 Å². The summed E-state index contributed by atoms with van der Waals surface area (Å²) in [4.78, 5) is 8.60. The fraction of sp³-hybridized carbons (Fsp3) is 0.300. The summed E-state index contributed by atoms with van der Waals surface area (Å²) in [6.07, 6.45) is 8.23. The second kappa shape index (κ2) is 7.58. The number of phenolic OH excluding ortho intramolecular Hbond substituents is 1. The number of benzene rings is 1. The molecule has 0 unspecified atom stereocenters. The third-order valence-corrected chi connectivity index (χ3v) is 5.26. The van der Waals surface area contributed by atoms with Crippen molar-refractivity contribution in [2.75, 3.05) is 20.3 Å². The molecule has 27 heavy (non-hydrogen) atoms. The highest BCUT2D eigenvalue weighted by molar-refractivity contribution is 6.33. The van der Waals surface area contributed by atoms with Gasteiger partial charge in [0.05, 0.1) is 31.4 Å². The van der Waals surface area contributed by atoms with E-state index in [0.29, 0.717) is 35.5 Å². The Morgan fingerprint density at radius 1 is 1.26 bits per heavy atom. The van der Waals surface area contributed by atoms with Crippen LogP contribution in [0.25, 0.3) is 11.4 Å². The highest BCUT2D eigenvalue weighted by atomic mass is 35.5. The first-order valence-corrected chi connectivity index (χ1v) is 9.11. The fourth-order valence-electron chi connectivity index (χ4n) is 3.58. The minimum Gasteiger partial charge on any atom is -0.504 e. The Hall–Kier alpha value is -2.57. The minimum atomic E-state index is 0.00381. The van der Waals surface area contributed by atoms with Gasteiger partial charge in [-0.2, -0.15) is 0 Å². The number of hydrogen-bond acceptors (Lipinski definition) is 5. The number of hydrogen-bond donors (Lipinski definition) is 1. The third kappa shape index (κ3) is 3.50. The van der Waals surface area contributed by atoms with Gasteiger partial charge < -0.3 is 19.1 Å². The van der Waals surface area contributed by atoms with E-state index in [1.54, 1.807) is 12.3 Å². The molecule has 1 aliphatic rings. The number of phenols is 1. The number of rotatable bonds is 5. The molecule has 0 radical (unpaired) electrons. The summed E-state index contributed by atoms with van der Waals surface area (Å²) >= 11 is 6.39. The molecule has 6 nitrogen and oxygen atoms in total. The van der Waals surface area contributed by atoms with Gasteiger partial charge in [-0.25, -0.2) is 4.98 Å². The Kier molecular flexibility index (Phi) is 5.01. The Balaban J connectivity index is 1.67. The molecule has 0 bridgehead atoms. The van der Waals surface area contributed by atoms with Crippen molar-refractivity contribution in [3.05, 3.63) is 59.6 Å². The normalized spacial score (nSPS) is 19.3. The molecule has 1 N–H and O–H groups in total. The molecule has 4 rings (SSSR count). The van der Waals surface area contributed by atoms with Crippen molar-refractivity contribution < 1.29 is 14.6 Å². The summed E-state index contributed by atoms with van der Waals surface area (Å²) in [5.74, 6) is 1.41. The van der Waals surface area contributed by atoms with E-state index >= 15 is 0 Å². The molecular weight excluding hydrogens is 366 g/mol. The highest BCUT2D eigenvalue weighted by Gasteiger charge is 2.31. The minimum absolute atomic E-state index is 0.00381. The average Bonchev–Trinajstić information content (AvgIpc) is 3.32. The van der Waals surface area contributed by atoms with Crippen LogP contribution in [-0.2, 0) is 11.2 Å². The van der Waals surface area contributed by atoms with Crippen LogP contribution in [0.1, 0.15) is 11.6 Å². The lowest BCUT2D eigenvalue weighted by atomic mass is 9.95. The Labute approximate surface area is 162 Å². The molecule has 0 saturated carbocycles. The number of nitrogens with zero attached hydrogens (tertiary/aromatic N) is 3. The van der Waals surface area contributed by atoms with Crippen LogP contribution < -0.4 is 4.74 Å². The zero-order valence-corrected chi connectivity index (χ0v) is 15.6. The van der Waals surface area contributed by atoms with Gasteiger partial charge in [-0.1, -0.05) is 11.6 Å². The van der Waals surface area contributed by atoms with Gasteiger partial charge in [0, 0.05) is 42.3 Å². The number of imidazole rings is 1. The molecule has 2 aromatic heterocycles. The second-order valence-electron chi connectivity index (χ2n) is 6.59. The topological polar surface area (TPSA) is 69.4 Å². The molecule has 1 saturated heterocycles. The van der Waals surface area contributed by atoms with E-state index in [-0.39, 0.29) is 11.8 Å². The van der Waals surface area contributed by atoms with E-state index in [1.165, 1.54) is 18.7 Å². The largest absolute Gasteiger partial charge is 0.504 e. The quantitative estimate of drug-likeness (QED) is 0.724. The standard InChI is InChI=1S/C20H20ClN3O3/c1-26-19-9-15(16(21)10-18(19)25)20-23-6-7-24(20)17-12-27-11-14(17)8-13-2-4-22-5-3-13/h2-7,9-10,14,17,25H,8,11-12H2,1H3/t14-,17-/m1/s1. The zero-order chi connectivity index (χ0) is 18.8. The molecule has 0 spiro atoms. The third-order valence-electron chi connectivity index (χ3n) is 4.95. The zero-order valence-electron chi connectivity index (χ0n) is 14.9. The van der Waals surface area contributed by atoms with Crippen LogP contribution in [0, 0.1) is 5.92 Å². The van der Waals surface area contributed by atoms with Gasteiger partial charge in [0.15, 0.2) is 11.5 Å². The van der Waals surface area contributed by atoms with Crippen LogP contribution >= 0.6 is 11.6 Å². The lowest BCUT2D eigenvalue weighted by Gasteiger charge is -2.22. The van der Waals surface area contributed by atoms with E-state index in [4.69, 9.17) is 21.1 Å². The van der Waals surface area contributed by atoms with Crippen molar-refractivity contribution in [2.45, 2.75) is 12.5 Å². The van der Waals surface area contributed by atoms with E-state index in [9.17, 15) is 5.11 Å². The predicted molar refractivity (Wildman–Crippen MR) is 102 cm³/mol. The van der Waals surface area contributed by atoms with Crippen molar-refractivity contribution in [3.8, 4) is 22.9 Å². The van der Waals surface area contributed by atoms with Gasteiger partial charge in [-0.15, -0.1) is 0 Å². The Bertz CT molecular complexity index is 929. The van der Waals surface area contributed by atoms with Crippen LogP contribution in [0.2, 0.25) is 5.02 Å². The Morgan fingerprint density at radius 2 is 2.07 bits per heavy atom. The molecule has 0 amide bonds. The number of pyridine rings is 1. The van der Waals surface area contributed by atoms with Gasteiger partial charge in [-0.3, -0.25) is 4.98 Å². The van der Waals surface area contributed by atoms with Crippen LogP contribution in [-0.4, -0.2) is 40.0 Å². The van der Waals surface area contributed by atoms with Crippen molar-refractivity contribution in [1.82, 2.24) is 14.5 Å². The lowest BCUT2D eigenvalue weighted by molar-refractivity contribution is 0.181. The molecular formula is C20H20ClN3O3. The molecule has 3 aromatic rings. The summed E-state index contributed by atoms with van der Waals surface area (Å²) in [7, 11) is 1.51. The monoisotopic (exact) mass is 385 g/mol. The number of aromatic hydroxyl groups is 1. The van der Waals surface area contributed by atoms with Crippen molar-refractivity contribution in [3.63, 3.8) is 0 Å². The molecule has 1 aliphatic heterocycles. The SMILES string of the molecule is COc1cc(-c2nccn2[C@@H]2COC[C@H]2Cc2ccncc2)c(Cl)cc1O. The van der Waals surface area contributed by atoms with Crippen LogP contribution in [0.5, 0.6) is 11.5 Å². The van der Waals surface area contributed by atoms with Gasteiger partial charge in [0.2, 0.25) is 0 Å². The average molecular weight is 386 g/mol. The molecule has 1 fully saturated rings. The number of methoxy groups -OCH3 is 1. The van der Waals surface area contributed by atoms with Crippen molar-refractivity contribution >= 4 is 11.6 Å². The van der Waals surface area contributed by atoms with E-state index in [0.717, 1.165) is 12.2 Å². The summed E-state index contributed by atoms with van der Waals surface area (Å²) in [5.41, 5.74) is 1.95. The molecule has 7 heteroatoms. The maximum Gasteiger partial charge on any atom is 0.161 e. The van der Waals surface area contributed by atoms with Crippen LogP contribution in [0.3, 0.4) is 0 Å². The van der Waals surface area contributed by atoms with Crippen LogP contribution in [0.15, 0.2) is 49.1 Å². The van der Waals surface area contributed by atoms with Gasteiger partial charge >= 0.3 is 0 Å². The molecule has 1 aromatic carbocycles. The Morgan fingerprint density at radius 3 is 2.85 bits per heavy atom. The van der Waals surface area contributed by atoms with E-state index in [2.05, 4.69) is 14.5 Å². The first-order chi connectivity index (χ1) is 13.2. The maximum absolute atomic E-state index is 9.94. The molecule has 3 heterocycles. The number of aromatic nitrogens is 3. The number of ether oxygens (including phenoxy) is 2. The van der Waals surface area contributed by atoms with Crippen LogP contribution in [0.4, 0.5) is 0 Å². The lowest BCUT2D eigenvalue weighted by Crippen LogP contribution is -2.20. The predicted octanol–water partition coefficient (Wildman–Crippen LogP) is 3.74. The summed E-state index contributed by atoms with van der Waals surface area (Å²) in [6, 6.07) is 7.41. The first-order valence-electron chi connectivity index (χ1n) is 8.73. The van der Waals surface area contributed by atoms with Crippen molar-refractivity contribution in [2.24, 2.45) is 5.92 Å². The number of halogens is 1.